The molecule has 1 amide bonds. The van der Waals surface area contributed by atoms with Crippen LogP contribution >= 0.6 is 0 Å². The lowest BCUT2D eigenvalue weighted by atomic mass is 9.87. The van der Waals surface area contributed by atoms with Crippen molar-refractivity contribution in [1.82, 2.24) is 14.5 Å². The van der Waals surface area contributed by atoms with Crippen LogP contribution < -0.4 is 0 Å². The van der Waals surface area contributed by atoms with Crippen LogP contribution in [0.3, 0.4) is 0 Å². The number of imidazole rings is 1. The van der Waals surface area contributed by atoms with E-state index < -0.39 is 29.7 Å². The minimum absolute atomic E-state index is 0.00434. The topological polar surface area (TPSA) is 84.7 Å². The Morgan fingerprint density at radius 2 is 2.03 bits per heavy atom. The molecule has 2 aliphatic heterocycles. The number of hydrogen-bond donors (Lipinski definition) is 1. The number of nitrogens with zero attached hydrogens (tertiary/aromatic N) is 3. The fraction of sp³-hybridized carbons (Fsp3) is 0.526. The zero-order valence-corrected chi connectivity index (χ0v) is 15.7. The van der Waals surface area contributed by atoms with E-state index in [1.807, 2.05) is 6.92 Å². The van der Waals surface area contributed by atoms with Crippen molar-refractivity contribution in [1.29, 1.82) is 0 Å². The lowest BCUT2D eigenvalue weighted by Crippen LogP contribution is -2.45. The smallest absolute Gasteiger partial charge is 0.416 e. The molecule has 0 radical (unpaired) electrons. The van der Waals surface area contributed by atoms with Crippen LogP contribution in [0.25, 0.3) is 11.0 Å². The number of likely N-dealkylation sites (tertiary alicyclic amines) is 1. The van der Waals surface area contributed by atoms with Crippen LogP contribution in [-0.2, 0) is 33.7 Å². The van der Waals surface area contributed by atoms with Crippen molar-refractivity contribution in [2.45, 2.75) is 45.1 Å². The number of alkyl halides is 3. The van der Waals surface area contributed by atoms with E-state index in [4.69, 9.17) is 9.84 Å². The summed E-state index contributed by atoms with van der Waals surface area (Å²) in [5, 5.41) is 9.15. The zero-order chi connectivity index (χ0) is 20.9. The summed E-state index contributed by atoms with van der Waals surface area (Å²) >= 11 is 0. The number of carbonyl (C=O) groups excluding carboxylic acids is 1. The largest absolute Gasteiger partial charge is 0.474 e. The number of amides is 1. The van der Waals surface area contributed by atoms with Crippen LogP contribution in [0.1, 0.15) is 42.8 Å². The van der Waals surface area contributed by atoms with Gasteiger partial charge in [-0.2, -0.15) is 13.2 Å². The maximum absolute atomic E-state index is 14.0. The van der Waals surface area contributed by atoms with Gasteiger partial charge in [-0.05, 0) is 36.5 Å². The number of rotatable bonds is 1. The van der Waals surface area contributed by atoms with E-state index in [9.17, 15) is 22.8 Å². The molecule has 1 fully saturated rings. The van der Waals surface area contributed by atoms with E-state index in [2.05, 4.69) is 4.98 Å². The molecule has 2 atom stereocenters. The molecule has 0 bridgehead atoms. The molecule has 1 aromatic carbocycles. The lowest BCUT2D eigenvalue weighted by Gasteiger charge is -2.39. The number of carboxylic acids is 1. The SMILES string of the molecule is C[C@H]1CCC(c2cc3nc4n(c3cc2C(F)(F)F)CCOC4)N(C(=O)C(=O)O)C1. The number of fused-ring (bicyclic) bond motifs is 3. The van der Waals surface area contributed by atoms with E-state index in [1.165, 1.54) is 6.07 Å². The van der Waals surface area contributed by atoms with Crippen molar-refractivity contribution in [3.63, 3.8) is 0 Å². The number of piperidine rings is 1. The van der Waals surface area contributed by atoms with E-state index in [-0.39, 0.29) is 31.1 Å². The van der Waals surface area contributed by atoms with Crippen LogP contribution in [0, 0.1) is 5.92 Å². The van der Waals surface area contributed by atoms with Crippen molar-refractivity contribution >= 4 is 22.9 Å². The summed E-state index contributed by atoms with van der Waals surface area (Å²) in [5.41, 5.74) is -0.223. The van der Waals surface area contributed by atoms with Gasteiger partial charge in [-0.1, -0.05) is 6.92 Å². The predicted molar refractivity (Wildman–Crippen MR) is 94.9 cm³/mol. The molecular formula is C19H20F3N3O4. The predicted octanol–water partition coefficient (Wildman–Crippen LogP) is 2.97. The molecule has 2 aliphatic rings. The molecule has 0 aliphatic carbocycles. The number of halogens is 3. The number of carboxylic acid groups (broad SMARTS) is 1. The summed E-state index contributed by atoms with van der Waals surface area (Å²) in [7, 11) is 0. The van der Waals surface area contributed by atoms with Gasteiger partial charge in [0.2, 0.25) is 0 Å². The van der Waals surface area contributed by atoms with Gasteiger partial charge < -0.3 is 19.3 Å². The maximum atomic E-state index is 14.0. The van der Waals surface area contributed by atoms with Gasteiger partial charge in [-0.3, -0.25) is 4.79 Å². The van der Waals surface area contributed by atoms with Gasteiger partial charge in [0.05, 0.1) is 29.2 Å². The molecule has 4 rings (SSSR count). The van der Waals surface area contributed by atoms with Gasteiger partial charge in [0.25, 0.3) is 0 Å². The summed E-state index contributed by atoms with van der Waals surface area (Å²) in [6, 6.07) is 1.45. The fourth-order valence-corrected chi connectivity index (χ4v) is 4.26. The molecule has 0 saturated carbocycles. The van der Waals surface area contributed by atoms with Gasteiger partial charge in [-0.15, -0.1) is 0 Å². The Kier molecular flexibility index (Phi) is 4.76. The average Bonchev–Trinajstić information content (AvgIpc) is 3.03. The van der Waals surface area contributed by atoms with E-state index >= 15 is 0 Å². The van der Waals surface area contributed by atoms with Crippen LogP contribution in [0.2, 0.25) is 0 Å². The minimum atomic E-state index is -4.65. The highest BCUT2D eigenvalue weighted by Gasteiger charge is 2.41. The Balaban J connectivity index is 1.88. The van der Waals surface area contributed by atoms with Crippen LogP contribution in [0.5, 0.6) is 0 Å². The van der Waals surface area contributed by atoms with E-state index in [0.717, 1.165) is 11.0 Å². The van der Waals surface area contributed by atoms with Gasteiger partial charge >= 0.3 is 18.1 Å². The monoisotopic (exact) mass is 411 g/mol. The van der Waals surface area contributed by atoms with Crippen LogP contribution in [0.4, 0.5) is 13.2 Å². The molecule has 156 valence electrons. The standard InChI is InChI=1S/C19H20F3N3O4/c1-10-2-3-14(25(8-10)17(26)18(27)28)11-6-13-15(7-12(11)19(20,21)22)24-4-5-29-9-16(24)23-13/h6-7,10,14H,2-5,8-9H2,1H3,(H,27,28)/t10-,14?/m0/s1. The first-order chi connectivity index (χ1) is 13.7. The minimum Gasteiger partial charge on any atom is -0.474 e. The summed E-state index contributed by atoms with van der Waals surface area (Å²) in [4.78, 5) is 28.9. The molecule has 1 saturated heterocycles. The maximum Gasteiger partial charge on any atom is 0.416 e. The van der Waals surface area contributed by atoms with E-state index in [1.54, 1.807) is 4.57 Å². The highest BCUT2D eigenvalue weighted by atomic mass is 19.4. The Morgan fingerprint density at radius 3 is 2.72 bits per heavy atom. The molecule has 1 N–H and O–H groups in total. The summed E-state index contributed by atoms with van der Waals surface area (Å²) < 4.78 is 48.9. The highest BCUT2D eigenvalue weighted by Crippen LogP contribution is 2.42. The molecule has 10 heteroatoms. The van der Waals surface area contributed by atoms with Crippen LogP contribution in [0.15, 0.2) is 12.1 Å². The van der Waals surface area contributed by atoms with E-state index in [0.29, 0.717) is 36.4 Å². The Labute approximate surface area is 164 Å². The number of carbonyl (C=O) groups is 2. The zero-order valence-electron chi connectivity index (χ0n) is 15.7. The second-order valence-corrected chi connectivity index (χ2v) is 7.62. The first-order valence-electron chi connectivity index (χ1n) is 9.38. The molecule has 3 heterocycles. The number of aliphatic carboxylic acids is 1. The van der Waals surface area contributed by atoms with Gasteiger partial charge in [-0.25, -0.2) is 9.78 Å². The molecule has 7 nitrogen and oxygen atoms in total. The third kappa shape index (κ3) is 3.45. The average molecular weight is 411 g/mol. The third-order valence-electron chi connectivity index (χ3n) is 5.61. The quantitative estimate of drug-likeness (QED) is 0.730. The van der Waals surface area contributed by atoms with Crippen molar-refractivity contribution < 1.29 is 32.6 Å². The molecule has 1 aromatic heterocycles. The second kappa shape index (κ2) is 7.01. The first kappa shape index (κ1) is 19.7. The molecule has 1 unspecified atom stereocenters. The first-order valence-corrected chi connectivity index (χ1v) is 9.38. The Bertz CT molecular complexity index is 985. The molecular weight excluding hydrogens is 391 g/mol. The van der Waals surface area contributed by atoms with Gasteiger partial charge in [0.1, 0.15) is 12.4 Å². The van der Waals surface area contributed by atoms with Gasteiger partial charge in [0, 0.05) is 13.1 Å². The van der Waals surface area contributed by atoms with Gasteiger partial charge in [0.15, 0.2) is 0 Å². The summed E-state index contributed by atoms with van der Waals surface area (Å²) in [6.07, 6.45) is -3.80. The second-order valence-electron chi connectivity index (χ2n) is 7.62. The number of benzene rings is 1. The lowest BCUT2D eigenvalue weighted by molar-refractivity contribution is -0.159. The molecule has 2 aromatic rings. The summed E-state index contributed by atoms with van der Waals surface area (Å²) in [5.74, 6) is -2.31. The Hall–Kier alpha value is -2.62. The number of ether oxygens (including phenoxy) is 1. The normalized spacial score (nSPS) is 22.6. The molecule has 29 heavy (non-hydrogen) atoms. The fourth-order valence-electron chi connectivity index (χ4n) is 4.26. The molecule has 0 spiro atoms. The van der Waals surface area contributed by atoms with Crippen molar-refractivity contribution in [2.75, 3.05) is 13.2 Å². The van der Waals surface area contributed by atoms with Crippen molar-refractivity contribution in [2.24, 2.45) is 5.92 Å². The third-order valence-corrected chi connectivity index (χ3v) is 5.61. The number of aromatic nitrogens is 2. The highest BCUT2D eigenvalue weighted by molar-refractivity contribution is 6.31. The van der Waals surface area contributed by atoms with Crippen molar-refractivity contribution in [3.05, 3.63) is 29.1 Å². The van der Waals surface area contributed by atoms with Crippen LogP contribution in [-0.4, -0.2) is 44.6 Å². The Morgan fingerprint density at radius 1 is 1.28 bits per heavy atom. The van der Waals surface area contributed by atoms with Crippen molar-refractivity contribution in [3.8, 4) is 0 Å². The number of hydrogen-bond acceptors (Lipinski definition) is 4. The summed E-state index contributed by atoms with van der Waals surface area (Å²) in [6.45, 7) is 2.96.